The van der Waals surface area contributed by atoms with E-state index in [2.05, 4.69) is 15.3 Å². The number of aromatic nitrogens is 2. The number of carbonyl (C=O) groups is 1. The number of hydrogen-bond donors (Lipinski definition) is 1. The molecular formula is C12H10N4O2S. The largest absolute Gasteiger partial charge is 0.481 e. The number of nitrogens with zero attached hydrogens (tertiary/aromatic N) is 3. The van der Waals surface area contributed by atoms with Gasteiger partial charge in [0.15, 0.2) is 5.13 Å². The van der Waals surface area contributed by atoms with E-state index < -0.39 is 0 Å². The van der Waals surface area contributed by atoms with Crippen molar-refractivity contribution in [1.82, 2.24) is 9.97 Å². The zero-order chi connectivity index (χ0) is 13.7. The molecule has 0 saturated heterocycles. The Hall–Kier alpha value is -2.46. The monoisotopic (exact) mass is 274 g/mol. The number of anilines is 1. The first-order valence-electron chi connectivity index (χ1n) is 5.35. The van der Waals surface area contributed by atoms with Crippen LogP contribution >= 0.6 is 11.3 Å². The average molecular weight is 274 g/mol. The maximum Gasteiger partial charge on any atom is 0.240 e. The van der Waals surface area contributed by atoms with Crippen LogP contribution in [0.15, 0.2) is 23.7 Å². The van der Waals surface area contributed by atoms with Crippen LogP contribution in [-0.2, 0) is 4.79 Å². The number of carbonyl (C=O) groups excluding carboxylic acids is 1. The van der Waals surface area contributed by atoms with Crippen molar-refractivity contribution in [1.29, 1.82) is 5.26 Å². The van der Waals surface area contributed by atoms with E-state index in [-0.39, 0.29) is 12.3 Å². The topological polar surface area (TPSA) is 87.9 Å². The minimum absolute atomic E-state index is 0.182. The van der Waals surface area contributed by atoms with E-state index in [9.17, 15) is 4.79 Å². The Morgan fingerprint density at radius 1 is 1.58 bits per heavy atom. The van der Waals surface area contributed by atoms with Crippen LogP contribution in [0.4, 0.5) is 5.13 Å². The fourth-order valence-corrected chi connectivity index (χ4v) is 2.09. The summed E-state index contributed by atoms with van der Waals surface area (Å²) in [5.41, 5.74) is 1.55. The maximum atomic E-state index is 11.2. The Balaban J connectivity index is 2.11. The van der Waals surface area contributed by atoms with E-state index >= 15 is 0 Å². The molecule has 2 heterocycles. The molecule has 0 spiro atoms. The summed E-state index contributed by atoms with van der Waals surface area (Å²) in [6.45, 7) is 0. The molecule has 19 heavy (non-hydrogen) atoms. The van der Waals surface area contributed by atoms with E-state index in [4.69, 9.17) is 10.00 Å². The zero-order valence-electron chi connectivity index (χ0n) is 10.1. The fourth-order valence-electron chi connectivity index (χ4n) is 1.35. The molecule has 0 fully saturated rings. The predicted molar refractivity (Wildman–Crippen MR) is 70.8 cm³/mol. The van der Waals surface area contributed by atoms with Gasteiger partial charge in [-0.25, -0.2) is 9.97 Å². The SMILES string of the molecule is COc1ccc(-c2csc(NC(=O)CC#N)n2)cn1. The van der Waals surface area contributed by atoms with Gasteiger partial charge in [0.05, 0.1) is 18.9 Å². The first-order chi connectivity index (χ1) is 9.22. The van der Waals surface area contributed by atoms with Gasteiger partial charge in [-0.2, -0.15) is 5.26 Å². The summed E-state index contributed by atoms with van der Waals surface area (Å²) in [5.74, 6) is 0.165. The molecule has 1 amide bonds. The smallest absolute Gasteiger partial charge is 0.240 e. The van der Waals surface area contributed by atoms with E-state index in [1.165, 1.54) is 11.3 Å². The number of thiazole rings is 1. The highest BCUT2D eigenvalue weighted by molar-refractivity contribution is 7.14. The van der Waals surface area contributed by atoms with E-state index in [1.807, 2.05) is 11.4 Å². The van der Waals surface area contributed by atoms with Gasteiger partial charge in [-0.15, -0.1) is 11.3 Å². The molecule has 6 nitrogen and oxygen atoms in total. The average Bonchev–Trinajstić information content (AvgIpc) is 2.87. The molecule has 0 atom stereocenters. The second kappa shape index (κ2) is 5.93. The molecule has 0 bridgehead atoms. The quantitative estimate of drug-likeness (QED) is 0.922. The highest BCUT2D eigenvalue weighted by atomic mass is 32.1. The molecule has 2 rings (SSSR count). The van der Waals surface area contributed by atoms with Crippen molar-refractivity contribution in [2.24, 2.45) is 0 Å². The zero-order valence-corrected chi connectivity index (χ0v) is 10.9. The molecule has 0 saturated carbocycles. The highest BCUT2D eigenvalue weighted by Crippen LogP contribution is 2.25. The lowest BCUT2D eigenvalue weighted by atomic mass is 10.2. The predicted octanol–water partition coefficient (Wildman–Crippen LogP) is 2.07. The third-order valence-corrected chi connectivity index (χ3v) is 2.99. The number of ether oxygens (including phenoxy) is 1. The number of methoxy groups -OCH3 is 1. The summed E-state index contributed by atoms with van der Waals surface area (Å²) in [6.07, 6.45) is 1.47. The van der Waals surface area contributed by atoms with Gasteiger partial charge < -0.3 is 10.1 Å². The van der Waals surface area contributed by atoms with Crippen molar-refractivity contribution in [2.45, 2.75) is 6.42 Å². The summed E-state index contributed by atoms with van der Waals surface area (Å²) < 4.78 is 4.97. The minimum atomic E-state index is -0.365. The molecule has 0 aliphatic heterocycles. The molecule has 96 valence electrons. The molecule has 7 heteroatoms. The van der Waals surface area contributed by atoms with Gasteiger partial charge in [-0.1, -0.05) is 0 Å². The number of nitrogens with one attached hydrogen (secondary N) is 1. The van der Waals surface area contributed by atoms with Crippen molar-refractivity contribution in [3.8, 4) is 23.2 Å². The van der Waals surface area contributed by atoms with Crippen LogP contribution in [0.1, 0.15) is 6.42 Å². The highest BCUT2D eigenvalue weighted by Gasteiger charge is 2.08. The van der Waals surface area contributed by atoms with E-state index in [1.54, 1.807) is 25.4 Å². The standard InChI is InChI=1S/C12H10N4O2S/c1-18-11-3-2-8(6-14-11)9-7-19-12(15-9)16-10(17)4-5-13/h2-3,6-7H,4H2,1H3,(H,15,16,17). The van der Waals surface area contributed by atoms with Crippen LogP contribution < -0.4 is 10.1 Å². The van der Waals surface area contributed by atoms with Gasteiger partial charge in [-0.3, -0.25) is 4.79 Å². The molecule has 0 aliphatic rings. The number of pyridine rings is 1. The van der Waals surface area contributed by atoms with Crippen LogP contribution in [0.5, 0.6) is 5.88 Å². The van der Waals surface area contributed by atoms with Crippen molar-refractivity contribution in [2.75, 3.05) is 12.4 Å². The van der Waals surface area contributed by atoms with Crippen molar-refractivity contribution in [3.63, 3.8) is 0 Å². The summed E-state index contributed by atoms with van der Waals surface area (Å²) >= 11 is 1.30. The fraction of sp³-hybridized carbons (Fsp3) is 0.167. The molecule has 2 aromatic rings. The second-order valence-electron chi connectivity index (χ2n) is 3.51. The third kappa shape index (κ3) is 3.26. The van der Waals surface area contributed by atoms with Gasteiger partial charge in [0.2, 0.25) is 11.8 Å². The normalized spacial score (nSPS) is 9.68. The van der Waals surface area contributed by atoms with Crippen molar-refractivity contribution < 1.29 is 9.53 Å². The van der Waals surface area contributed by atoms with Gasteiger partial charge in [0.1, 0.15) is 6.42 Å². The summed E-state index contributed by atoms with van der Waals surface area (Å²) in [4.78, 5) is 19.6. The number of rotatable bonds is 4. The number of hydrogen-bond acceptors (Lipinski definition) is 6. The lowest BCUT2D eigenvalue weighted by molar-refractivity contribution is -0.115. The Bertz CT molecular complexity index is 615. The van der Waals surface area contributed by atoms with Gasteiger partial charge in [0, 0.05) is 23.2 Å². The van der Waals surface area contributed by atoms with Crippen LogP contribution in [0.2, 0.25) is 0 Å². The van der Waals surface area contributed by atoms with Gasteiger partial charge in [0.25, 0.3) is 0 Å². The van der Waals surface area contributed by atoms with Crippen LogP contribution in [0.3, 0.4) is 0 Å². The van der Waals surface area contributed by atoms with E-state index in [0.29, 0.717) is 16.7 Å². The lowest BCUT2D eigenvalue weighted by Gasteiger charge is -1.99. The molecule has 2 aromatic heterocycles. The number of amides is 1. The molecular weight excluding hydrogens is 264 g/mol. The third-order valence-electron chi connectivity index (χ3n) is 2.23. The Morgan fingerprint density at radius 2 is 2.42 bits per heavy atom. The summed E-state index contributed by atoms with van der Waals surface area (Å²) in [5, 5.41) is 13.2. The van der Waals surface area contributed by atoms with Crippen molar-refractivity contribution in [3.05, 3.63) is 23.7 Å². The Labute approximate surface area is 113 Å². The molecule has 0 radical (unpaired) electrons. The van der Waals surface area contributed by atoms with Crippen LogP contribution in [0, 0.1) is 11.3 Å². The molecule has 0 aromatic carbocycles. The summed E-state index contributed by atoms with van der Waals surface area (Å²) in [7, 11) is 1.55. The van der Waals surface area contributed by atoms with Crippen LogP contribution in [-0.4, -0.2) is 23.0 Å². The van der Waals surface area contributed by atoms with Gasteiger partial charge >= 0.3 is 0 Å². The Kier molecular flexibility index (Phi) is 4.05. The van der Waals surface area contributed by atoms with Gasteiger partial charge in [-0.05, 0) is 6.07 Å². The summed E-state index contributed by atoms with van der Waals surface area (Å²) in [6, 6.07) is 5.35. The van der Waals surface area contributed by atoms with E-state index in [0.717, 1.165) is 5.56 Å². The van der Waals surface area contributed by atoms with Crippen LogP contribution in [0.25, 0.3) is 11.3 Å². The molecule has 0 unspecified atom stereocenters. The second-order valence-corrected chi connectivity index (χ2v) is 4.37. The maximum absolute atomic E-state index is 11.2. The first kappa shape index (κ1) is 13.0. The Morgan fingerprint density at radius 3 is 3.05 bits per heavy atom. The first-order valence-corrected chi connectivity index (χ1v) is 6.23. The molecule has 1 N–H and O–H groups in total. The minimum Gasteiger partial charge on any atom is -0.481 e. The van der Waals surface area contributed by atoms with Crippen molar-refractivity contribution >= 4 is 22.4 Å². The lowest BCUT2D eigenvalue weighted by Crippen LogP contribution is -2.09. The molecule has 0 aliphatic carbocycles. The number of nitriles is 1.